The molecule has 1 saturated heterocycles. The van der Waals surface area contributed by atoms with Gasteiger partial charge < -0.3 is 9.26 Å². The van der Waals surface area contributed by atoms with E-state index in [2.05, 4.69) is 10.1 Å². The molecule has 0 amide bonds. The minimum Gasteiger partial charge on any atom is -0.368 e. The zero-order valence-corrected chi connectivity index (χ0v) is 9.85. The van der Waals surface area contributed by atoms with E-state index in [0.717, 1.165) is 25.0 Å². The van der Waals surface area contributed by atoms with Crippen molar-refractivity contribution in [1.82, 2.24) is 10.1 Å². The van der Waals surface area contributed by atoms with E-state index in [4.69, 9.17) is 20.9 Å². The van der Waals surface area contributed by atoms with Crippen molar-refractivity contribution >= 4 is 11.6 Å². The van der Waals surface area contributed by atoms with Gasteiger partial charge in [0.1, 0.15) is 6.10 Å². The Labute approximate surface area is 104 Å². The van der Waals surface area contributed by atoms with Crippen LogP contribution < -0.4 is 0 Å². The molecule has 1 aliphatic rings. The predicted octanol–water partition coefficient (Wildman–Crippen LogP) is 3.24. The summed E-state index contributed by atoms with van der Waals surface area (Å²) in [5.41, 5.74) is 0.780. The maximum Gasteiger partial charge on any atom is 0.256 e. The fraction of sp³-hybridized carbons (Fsp3) is 0.333. The highest BCUT2D eigenvalue weighted by Gasteiger charge is 2.24. The van der Waals surface area contributed by atoms with Gasteiger partial charge in [-0.15, -0.1) is 0 Å². The molecule has 1 aromatic heterocycles. The first-order chi connectivity index (χ1) is 8.34. The van der Waals surface area contributed by atoms with Gasteiger partial charge in [0, 0.05) is 12.2 Å². The lowest BCUT2D eigenvalue weighted by Gasteiger charge is -2.00. The highest BCUT2D eigenvalue weighted by atomic mass is 35.5. The zero-order valence-electron chi connectivity index (χ0n) is 9.10. The molecule has 4 nitrogen and oxygen atoms in total. The number of hydrogen-bond donors (Lipinski definition) is 0. The van der Waals surface area contributed by atoms with Gasteiger partial charge in [-0.25, -0.2) is 0 Å². The molecule has 0 saturated carbocycles. The molecule has 1 aliphatic heterocycles. The molecule has 2 aromatic rings. The first kappa shape index (κ1) is 10.7. The van der Waals surface area contributed by atoms with E-state index < -0.39 is 0 Å². The Bertz CT molecular complexity index is 521. The molecule has 0 spiro atoms. The van der Waals surface area contributed by atoms with Gasteiger partial charge in [-0.3, -0.25) is 0 Å². The average molecular weight is 251 g/mol. The third kappa shape index (κ3) is 2.06. The van der Waals surface area contributed by atoms with Crippen LogP contribution in [0.5, 0.6) is 0 Å². The third-order valence-corrected chi connectivity index (χ3v) is 3.09. The van der Waals surface area contributed by atoms with Crippen molar-refractivity contribution in [3.63, 3.8) is 0 Å². The quantitative estimate of drug-likeness (QED) is 0.821. The molecule has 2 heterocycles. The van der Waals surface area contributed by atoms with Crippen LogP contribution in [0.2, 0.25) is 5.02 Å². The number of rotatable bonds is 2. The summed E-state index contributed by atoms with van der Waals surface area (Å²) in [6.07, 6.45) is 1.91. The van der Waals surface area contributed by atoms with Crippen LogP contribution in [0.3, 0.4) is 0 Å². The number of nitrogens with zero attached hydrogens (tertiary/aromatic N) is 2. The minimum atomic E-state index is -0.0567. The fourth-order valence-corrected chi connectivity index (χ4v) is 2.11. The number of ether oxygens (including phenoxy) is 1. The smallest absolute Gasteiger partial charge is 0.256 e. The fourth-order valence-electron chi connectivity index (χ4n) is 1.89. The van der Waals surface area contributed by atoms with Crippen molar-refractivity contribution in [2.24, 2.45) is 0 Å². The van der Waals surface area contributed by atoms with Crippen molar-refractivity contribution in [1.29, 1.82) is 0 Å². The van der Waals surface area contributed by atoms with Gasteiger partial charge in [-0.2, -0.15) is 4.98 Å². The van der Waals surface area contributed by atoms with E-state index in [1.54, 1.807) is 6.07 Å². The molecule has 0 N–H and O–H groups in total. The van der Waals surface area contributed by atoms with Crippen molar-refractivity contribution in [2.75, 3.05) is 6.61 Å². The molecule has 17 heavy (non-hydrogen) atoms. The first-order valence-electron chi connectivity index (χ1n) is 5.55. The molecule has 1 unspecified atom stereocenters. The van der Waals surface area contributed by atoms with Gasteiger partial charge in [-0.1, -0.05) is 28.9 Å². The minimum absolute atomic E-state index is 0.0567. The van der Waals surface area contributed by atoms with E-state index in [0.29, 0.717) is 16.7 Å². The lowest BCUT2D eigenvalue weighted by atomic mass is 10.2. The summed E-state index contributed by atoms with van der Waals surface area (Å²) < 4.78 is 10.7. The van der Waals surface area contributed by atoms with E-state index in [9.17, 15) is 0 Å². The van der Waals surface area contributed by atoms with Gasteiger partial charge in [0.2, 0.25) is 5.82 Å². The van der Waals surface area contributed by atoms with Crippen LogP contribution in [0, 0.1) is 0 Å². The molecule has 1 atom stereocenters. The van der Waals surface area contributed by atoms with Crippen LogP contribution in [0.25, 0.3) is 11.4 Å². The molecule has 0 radical (unpaired) electrons. The maximum atomic E-state index is 6.07. The van der Waals surface area contributed by atoms with Crippen LogP contribution in [0.1, 0.15) is 24.8 Å². The van der Waals surface area contributed by atoms with Crippen molar-refractivity contribution in [3.05, 3.63) is 35.2 Å². The van der Waals surface area contributed by atoms with Crippen molar-refractivity contribution < 1.29 is 9.26 Å². The predicted molar refractivity (Wildman–Crippen MR) is 62.7 cm³/mol. The average Bonchev–Trinajstić information content (AvgIpc) is 3.00. The Morgan fingerprint density at radius 3 is 2.94 bits per heavy atom. The Balaban J connectivity index is 1.92. The van der Waals surface area contributed by atoms with Crippen LogP contribution >= 0.6 is 11.6 Å². The SMILES string of the molecule is Clc1ccccc1-c1noc(C2CCCO2)n1. The Hall–Kier alpha value is -1.39. The molecule has 1 fully saturated rings. The topological polar surface area (TPSA) is 48.2 Å². The molecule has 1 aromatic carbocycles. The van der Waals surface area contributed by atoms with E-state index in [-0.39, 0.29) is 6.10 Å². The Morgan fingerprint density at radius 1 is 1.29 bits per heavy atom. The first-order valence-corrected chi connectivity index (χ1v) is 5.92. The molecule has 88 valence electrons. The summed E-state index contributed by atoms with van der Waals surface area (Å²) in [6.45, 7) is 0.758. The molecular weight excluding hydrogens is 240 g/mol. The number of hydrogen-bond acceptors (Lipinski definition) is 4. The van der Waals surface area contributed by atoms with Crippen LogP contribution in [0.15, 0.2) is 28.8 Å². The lowest BCUT2D eigenvalue weighted by molar-refractivity contribution is 0.0835. The highest BCUT2D eigenvalue weighted by Crippen LogP contribution is 2.30. The van der Waals surface area contributed by atoms with E-state index >= 15 is 0 Å². The van der Waals surface area contributed by atoms with Gasteiger partial charge in [-0.05, 0) is 25.0 Å². The van der Waals surface area contributed by atoms with Crippen LogP contribution in [-0.2, 0) is 4.74 Å². The Morgan fingerprint density at radius 2 is 2.18 bits per heavy atom. The molecular formula is C12H11ClN2O2. The summed E-state index contributed by atoms with van der Waals surface area (Å²) in [7, 11) is 0. The largest absolute Gasteiger partial charge is 0.368 e. The monoisotopic (exact) mass is 250 g/mol. The molecule has 0 aliphatic carbocycles. The van der Waals surface area contributed by atoms with Crippen LogP contribution in [-0.4, -0.2) is 16.7 Å². The highest BCUT2D eigenvalue weighted by molar-refractivity contribution is 6.33. The number of halogens is 1. The lowest BCUT2D eigenvalue weighted by Crippen LogP contribution is -1.95. The number of aromatic nitrogens is 2. The number of benzene rings is 1. The van der Waals surface area contributed by atoms with Crippen molar-refractivity contribution in [2.45, 2.75) is 18.9 Å². The molecule has 0 bridgehead atoms. The van der Waals surface area contributed by atoms with Gasteiger partial charge in [0.05, 0.1) is 5.02 Å². The second-order valence-electron chi connectivity index (χ2n) is 3.94. The van der Waals surface area contributed by atoms with Gasteiger partial charge in [0.15, 0.2) is 0 Å². The standard InChI is InChI=1S/C12H11ClN2O2/c13-9-5-2-1-4-8(9)11-14-12(17-15-11)10-6-3-7-16-10/h1-2,4-5,10H,3,6-7H2. The summed E-state index contributed by atoms with van der Waals surface area (Å²) in [4.78, 5) is 4.34. The second-order valence-corrected chi connectivity index (χ2v) is 4.34. The molecule has 5 heteroatoms. The van der Waals surface area contributed by atoms with Gasteiger partial charge >= 0.3 is 0 Å². The zero-order chi connectivity index (χ0) is 11.7. The summed E-state index contributed by atoms with van der Waals surface area (Å²) in [5, 5.41) is 4.56. The third-order valence-electron chi connectivity index (χ3n) is 2.76. The Kier molecular flexibility index (Phi) is 2.82. The van der Waals surface area contributed by atoms with Gasteiger partial charge in [0.25, 0.3) is 5.89 Å². The van der Waals surface area contributed by atoms with Crippen molar-refractivity contribution in [3.8, 4) is 11.4 Å². The summed E-state index contributed by atoms with van der Waals surface area (Å²) >= 11 is 6.07. The second kappa shape index (κ2) is 4.47. The normalized spacial score (nSPS) is 19.7. The van der Waals surface area contributed by atoms with E-state index in [1.807, 2.05) is 18.2 Å². The summed E-state index contributed by atoms with van der Waals surface area (Å²) in [6, 6.07) is 7.43. The van der Waals surface area contributed by atoms with Crippen LogP contribution in [0.4, 0.5) is 0 Å². The maximum absolute atomic E-state index is 6.07. The summed E-state index contributed by atoms with van der Waals surface area (Å²) in [5.74, 6) is 1.05. The van der Waals surface area contributed by atoms with E-state index in [1.165, 1.54) is 0 Å². The molecule has 3 rings (SSSR count).